The second-order valence-corrected chi connectivity index (χ2v) is 4.33. The van der Waals surface area contributed by atoms with Crippen molar-refractivity contribution in [1.82, 2.24) is 9.55 Å². The van der Waals surface area contributed by atoms with E-state index >= 15 is 0 Å². The Morgan fingerprint density at radius 1 is 1.29 bits per heavy atom. The molecular formula is C12H11F3N2O4. The summed E-state index contributed by atoms with van der Waals surface area (Å²) in [6, 6.07) is 2.09. The summed E-state index contributed by atoms with van der Waals surface area (Å²) in [7, 11) is 0. The van der Waals surface area contributed by atoms with E-state index in [-0.39, 0.29) is 16.6 Å². The Hall–Kier alpha value is -2.13. The van der Waals surface area contributed by atoms with Crippen LogP contribution >= 0.6 is 0 Å². The predicted molar refractivity (Wildman–Crippen MR) is 64.9 cm³/mol. The topological polar surface area (TPSA) is 95.6 Å². The fourth-order valence-corrected chi connectivity index (χ4v) is 2.02. The fourth-order valence-electron chi connectivity index (χ4n) is 2.02. The van der Waals surface area contributed by atoms with Gasteiger partial charge in [0, 0.05) is 0 Å². The molecule has 9 heteroatoms. The van der Waals surface area contributed by atoms with Crippen LogP contribution in [0.25, 0.3) is 11.0 Å². The van der Waals surface area contributed by atoms with Crippen LogP contribution in [0.5, 0.6) is 0 Å². The Bertz CT molecular complexity index is 677. The predicted octanol–water partition coefficient (Wildman–Crippen LogP) is 1.28. The van der Waals surface area contributed by atoms with Gasteiger partial charge in [0.15, 0.2) is 0 Å². The number of rotatable bonds is 4. The summed E-state index contributed by atoms with van der Waals surface area (Å²) >= 11 is 0. The number of carboxylic acids is 1. The summed E-state index contributed by atoms with van der Waals surface area (Å²) in [5.74, 6) is -2.59. The summed E-state index contributed by atoms with van der Waals surface area (Å²) in [5.41, 5.74) is -0.389. The number of fused-ring (bicyclic) bond motifs is 1. The van der Waals surface area contributed by atoms with E-state index in [4.69, 9.17) is 15.3 Å². The van der Waals surface area contributed by atoms with Gasteiger partial charge in [-0.1, -0.05) is 0 Å². The molecule has 1 aromatic heterocycles. The Kier molecular flexibility index (Phi) is 3.88. The van der Waals surface area contributed by atoms with Gasteiger partial charge < -0.3 is 19.9 Å². The fraction of sp³-hybridized carbons (Fsp3) is 0.333. The lowest BCUT2D eigenvalue weighted by Gasteiger charge is -2.18. The third kappa shape index (κ3) is 2.69. The van der Waals surface area contributed by atoms with Crippen LogP contribution in [0.3, 0.4) is 0 Å². The molecule has 2 rings (SSSR count). The molecule has 1 heterocycles. The summed E-state index contributed by atoms with van der Waals surface area (Å²) < 4.78 is 39.7. The molecule has 6 nitrogen and oxygen atoms in total. The molecule has 0 aliphatic heterocycles. The van der Waals surface area contributed by atoms with Gasteiger partial charge in [-0.05, 0) is 18.2 Å². The van der Waals surface area contributed by atoms with Crippen molar-refractivity contribution in [2.45, 2.75) is 12.2 Å². The normalized spacial score (nSPS) is 12.3. The van der Waals surface area contributed by atoms with E-state index in [1.54, 1.807) is 0 Å². The van der Waals surface area contributed by atoms with Gasteiger partial charge in [-0.3, -0.25) is 0 Å². The van der Waals surface area contributed by atoms with Crippen LogP contribution in [0.2, 0.25) is 0 Å². The highest BCUT2D eigenvalue weighted by atomic mass is 19.4. The summed E-state index contributed by atoms with van der Waals surface area (Å²) in [5, 5.41) is 27.1. The smallest absolute Gasteiger partial charge is 0.449 e. The molecule has 0 unspecified atom stereocenters. The second kappa shape index (κ2) is 5.34. The Morgan fingerprint density at radius 3 is 2.38 bits per heavy atom. The average Bonchev–Trinajstić information content (AvgIpc) is 2.79. The summed E-state index contributed by atoms with van der Waals surface area (Å²) in [4.78, 5) is 14.2. The molecule has 0 fully saturated rings. The highest BCUT2D eigenvalue weighted by molar-refractivity contribution is 5.92. The van der Waals surface area contributed by atoms with Crippen LogP contribution < -0.4 is 0 Å². The third-order valence-electron chi connectivity index (χ3n) is 2.98. The number of hydrogen-bond donors (Lipinski definition) is 3. The maximum absolute atomic E-state index is 13.0. The highest BCUT2D eigenvalue weighted by Crippen LogP contribution is 2.34. The van der Waals surface area contributed by atoms with Gasteiger partial charge in [-0.2, -0.15) is 13.2 Å². The molecule has 0 spiro atoms. The minimum atomic E-state index is -4.80. The molecule has 0 atom stereocenters. The first kappa shape index (κ1) is 15.3. The molecular weight excluding hydrogens is 293 g/mol. The maximum atomic E-state index is 13.0. The number of aliphatic hydroxyl groups excluding tert-OH is 2. The molecule has 0 aliphatic carbocycles. The van der Waals surface area contributed by atoms with Crippen LogP contribution in [0.4, 0.5) is 13.2 Å². The van der Waals surface area contributed by atoms with Crippen LogP contribution in [0.1, 0.15) is 22.2 Å². The molecule has 3 N–H and O–H groups in total. The van der Waals surface area contributed by atoms with Crippen molar-refractivity contribution in [1.29, 1.82) is 0 Å². The lowest BCUT2D eigenvalue weighted by molar-refractivity contribution is -0.148. The van der Waals surface area contributed by atoms with Crippen molar-refractivity contribution in [2.75, 3.05) is 13.2 Å². The van der Waals surface area contributed by atoms with Crippen molar-refractivity contribution in [3.8, 4) is 0 Å². The number of carbonyl (C=O) groups is 1. The molecule has 1 aromatic carbocycles. The monoisotopic (exact) mass is 304 g/mol. The molecule has 114 valence electrons. The zero-order valence-electron chi connectivity index (χ0n) is 10.5. The first-order valence-corrected chi connectivity index (χ1v) is 5.83. The third-order valence-corrected chi connectivity index (χ3v) is 2.98. The van der Waals surface area contributed by atoms with Crippen molar-refractivity contribution in [3.63, 3.8) is 0 Å². The summed E-state index contributed by atoms with van der Waals surface area (Å²) in [6.07, 6.45) is -4.80. The van der Waals surface area contributed by atoms with Crippen molar-refractivity contribution < 1.29 is 33.3 Å². The number of carboxylic acid groups (broad SMARTS) is 1. The molecule has 0 amide bonds. The van der Waals surface area contributed by atoms with Gasteiger partial charge in [-0.15, -0.1) is 0 Å². The Morgan fingerprint density at radius 2 is 1.90 bits per heavy atom. The number of aromatic nitrogens is 2. The zero-order valence-corrected chi connectivity index (χ0v) is 10.5. The van der Waals surface area contributed by atoms with Gasteiger partial charge in [-0.25, -0.2) is 9.78 Å². The number of halogens is 3. The van der Waals surface area contributed by atoms with Gasteiger partial charge >= 0.3 is 12.1 Å². The van der Waals surface area contributed by atoms with Gasteiger partial charge in [0.05, 0.1) is 35.9 Å². The number of imidazole rings is 1. The first-order valence-electron chi connectivity index (χ1n) is 5.83. The maximum Gasteiger partial charge on any atom is 0.449 e. The zero-order chi connectivity index (χ0) is 15.8. The van der Waals surface area contributed by atoms with E-state index in [0.717, 1.165) is 12.1 Å². The second-order valence-electron chi connectivity index (χ2n) is 4.33. The molecule has 0 radical (unpaired) electrons. The molecule has 0 aliphatic rings. The van der Waals surface area contributed by atoms with Gasteiger partial charge in [0.2, 0.25) is 5.82 Å². The number of aliphatic hydroxyl groups is 2. The van der Waals surface area contributed by atoms with E-state index in [1.165, 1.54) is 6.07 Å². The van der Waals surface area contributed by atoms with Crippen LogP contribution in [-0.2, 0) is 6.18 Å². The van der Waals surface area contributed by atoms with E-state index in [9.17, 15) is 18.0 Å². The molecule has 0 saturated heterocycles. The number of aromatic carboxylic acids is 1. The SMILES string of the molecule is O=C(O)c1ccc2c(c1)nc(C(F)(F)F)n2C(CO)CO. The molecule has 21 heavy (non-hydrogen) atoms. The van der Waals surface area contributed by atoms with Crippen molar-refractivity contribution in [2.24, 2.45) is 0 Å². The number of hydrogen-bond acceptors (Lipinski definition) is 4. The van der Waals surface area contributed by atoms with Crippen LogP contribution in [0, 0.1) is 0 Å². The van der Waals surface area contributed by atoms with Gasteiger partial charge in [0.25, 0.3) is 0 Å². The van der Waals surface area contributed by atoms with E-state index in [2.05, 4.69) is 4.98 Å². The number of nitrogens with zero attached hydrogens (tertiary/aromatic N) is 2. The minimum Gasteiger partial charge on any atom is -0.478 e. The first-order chi connectivity index (χ1) is 9.79. The number of alkyl halides is 3. The van der Waals surface area contributed by atoms with E-state index in [0.29, 0.717) is 4.57 Å². The largest absolute Gasteiger partial charge is 0.478 e. The Labute approximate surface area is 116 Å². The highest BCUT2D eigenvalue weighted by Gasteiger charge is 2.39. The van der Waals surface area contributed by atoms with Crippen molar-refractivity contribution >= 4 is 17.0 Å². The summed E-state index contributed by atoms with van der Waals surface area (Å²) in [6.45, 7) is -1.43. The minimum absolute atomic E-state index is 0.0135. The lowest BCUT2D eigenvalue weighted by Crippen LogP contribution is -2.23. The van der Waals surface area contributed by atoms with E-state index < -0.39 is 37.2 Å². The van der Waals surface area contributed by atoms with Crippen molar-refractivity contribution in [3.05, 3.63) is 29.6 Å². The molecule has 0 bridgehead atoms. The van der Waals surface area contributed by atoms with Crippen LogP contribution in [-0.4, -0.2) is 44.1 Å². The number of benzene rings is 1. The average molecular weight is 304 g/mol. The Balaban J connectivity index is 2.75. The molecule has 0 saturated carbocycles. The van der Waals surface area contributed by atoms with E-state index in [1.807, 2.05) is 0 Å². The van der Waals surface area contributed by atoms with Crippen LogP contribution in [0.15, 0.2) is 18.2 Å². The standard InChI is InChI=1S/C12H11F3N2O4/c13-12(14,15)11-16-8-3-6(10(20)21)1-2-9(8)17(11)7(4-18)5-19/h1-3,7,18-19H,4-5H2,(H,20,21). The van der Waals surface area contributed by atoms with Gasteiger partial charge in [0.1, 0.15) is 0 Å². The lowest BCUT2D eigenvalue weighted by atomic mass is 10.2. The molecule has 2 aromatic rings. The quantitative estimate of drug-likeness (QED) is 0.791.